The summed E-state index contributed by atoms with van der Waals surface area (Å²) in [5.41, 5.74) is 35.8. The van der Waals surface area contributed by atoms with Gasteiger partial charge in [0.1, 0.15) is 0 Å². The van der Waals surface area contributed by atoms with Crippen molar-refractivity contribution in [2.45, 2.75) is 55.4 Å². The average molecular weight is 1830 g/mol. The van der Waals surface area contributed by atoms with E-state index in [4.69, 9.17) is 21.7 Å². The van der Waals surface area contributed by atoms with E-state index in [-0.39, 0.29) is 119 Å². The van der Waals surface area contributed by atoms with Crippen LogP contribution < -0.4 is 11.5 Å². The van der Waals surface area contributed by atoms with Gasteiger partial charge < -0.3 is 83.0 Å². The van der Waals surface area contributed by atoms with Gasteiger partial charge in [0.2, 0.25) is 0 Å². The van der Waals surface area contributed by atoms with Gasteiger partial charge in [0.25, 0.3) is 0 Å². The maximum Gasteiger partial charge on any atom is 0.168 e. The molecule has 15 aromatic carbocycles. The first kappa shape index (κ1) is 97.6. The summed E-state index contributed by atoms with van der Waals surface area (Å²) in [5, 5.41) is 137. The van der Waals surface area contributed by atoms with E-state index in [1.165, 1.54) is 91.9 Å². The van der Waals surface area contributed by atoms with Crippen molar-refractivity contribution in [1.29, 1.82) is 0 Å². The second-order valence-electron chi connectivity index (χ2n) is 29.6. The van der Waals surface area contributed by atoms with Gasteiger partial charge in [0.05, 0.1) is 39.7 Å². The monoisotopic (exact) mass is 1820 g/mol. The maximum atomic E-state index is 10.1. The largest absolute Gasteiger partial charge is 0.504 e. The van der Waals surface area contributed by atoms with Gasteiger partial charge in [-0.1, -0.05) is 140 Å². The number of para-hydroxylation sites is 7. The van der Waals surface area contributed by atoms with Crippen LogP contribution in [0.15, 0.2) is 303 Å². The number of rotatable bonds is 17. The molecule has 0 aromatic heterocycles. The van der Waals surface area contributed by atoms with Gasteiger partial charge >= 0.3 is 0 Å². The van der Waals surface area contributed by atoms with E-state index in [0.29, 0.717) is 73.8 Å². The Balaban J connectivity index is 0.000000192. The smallest absolute Gasteiger partial charge is 0.168 e. The molecule has 0 heterocycles. The van der Waals surface area contributed by atoms with Crippen LogP contribution >= 0.6 is 0 Å². The summed E-state index contributed by atoms with van der Waals surface area (Å²) >= 11 is 0. The quantitative estimate of drug-likeness (QED) is 0.0132. The number of hydrogen-bond acceptors (Lipinski definition) is 23. The second-order valence-corrected chi connectivity index (χ2v) is 29.6. The third kappa shape index (κ3) is 23.5. The van der Waals surface area contributed by atoms with Crippen LogP contribution in [-0.4, -0.2) is 115 Å². The number of anilines is 2. The number of hydrogen-bond donors (Lipinski definition) is 16. The maximum absolute atomic E-state index is 10.1. The normalized spacial score (nSPS) is 11.0. The first-order valence-electron chi connectivity index (χ1n) is 40.0. The van der Waals surface area contributed by atoms with Crippen LogP contribution in [0, 0.1) is 55.4 Å². The van der Waals surface area contributed by atoms with Gasteiger partial charge in [-0.3, -0.25) is 34.7 Å². The standard InChI is InChI=1S/3C28H24N2O4.C14H16N2.C7H6O3.2Ni/c3*1-17-7-3-11-21(29-15-19-9-5-13-23(31)27(19)33)25(17)26-18(2)8-4-12-22(26)30-16-20-10-6-14-24(32)28(20)34;1-9-5-3-7-11(15)13(9)14-10(2)6-4-8-12(14)16;8-4-5-2-1-3-6(9)7(5)10;;/h3*3-16,31-34H,1-2H3;3-8H,15-16H2,1-2H3;1-4,9-10H;;. The molecule has 0 bridgehead atoms. The number of aromatic hydroxyl groups is 14. The first-order valence-corrected chi connectivity index (χ1v) is 40.0. The molecule has 0 saturated carbocycles. The van der Waals surface area contributed by atoms with Gasteiger partial charge in [-0.05, 0) is 233 Å². The van der Waals surface area contributed by atoms with Gasteiger partial charge in [-0.2, -0.15) is 0 Å². The number of nitrogens with two attached hydrogens (primary N) is 2. The molecule has 0 unspecified atom stereocenters. The minimum Gasteiger partial charge on any atom is -0.504 e. The van der Waals surface area contributed by atoms with Crippen molar-refractivity contribution >= 4 is 89.1 Å². The Morgan fingerprint density at radius 1 is 0.192 bits per heavy atom. The van der Waals surface area contributed by atoms with Crippen LogP contribution in [0.1, 0.15) is 88.2 Å². The van der Waals surface area contributed by atoms with E-state index < -0.39 is 0 Å². The molecule has 664 valence electrons. The predicted octanol–water partition coefficient (Wildman–Crippen LogP) is 22.9. The fraction of sp³-hybridized carbons (Fsp3) is 0.0762. The molecule has 15 aromatic rings. The SMILES string of the molecule is Cc1cccc(N)c1-c1c(C)cccc1N.Cc1cccc(N=Cc2cccc(O)c2O)c1-c1c(C)cccc1N=Cc1cccc(O)c1O.Cc1cccc(N=Cc2cccc(O)c2O)c1-c1c(C)cccc1N=Cc1cccc(O)c1O.Cc1cccc(N=Cc2cccc(O)c2O)c1-c1c(C)cccc1N=Cc1cccc(O)c1O.O=Cc1cccc(O)c1O.[Ni].[Ni]. The van der Waals surface area contributed by atoms with Crippen molar-refractivity contribution in [3.8, 4) is 125 Å². The molecular formula is C105H94N8Ni2O15. The summed E-state index contributed by atoms with van der Waals surface area (Å²) in [5.74, 6) is -3.27. The van der Waals surface area contributed by atoms with E-state index in [2.05, 4.69) is 55.9 Å². The molecule has 0 fully saturated rings. The minimum atomic E-state index is -0.363. The Labute approximate surface area is 771 Å². The number of aldehydes is 1. The molecule has 0 aliphatic rings. The topological polar surface area (TPSA) is 426 Å². The molecule has 0 atom stereocenters. The fourth-order valence-electron chi connectivity index (χ4n) is 14.0. The number of phenols is 14. The Morgan fingerprint density at radius 2 is 0.331 bits per heavy atom. The number of carbonyl (C=O) groups excluding carboxylic acids is 1. The van der Waals surface area contributed by atoms with Gasteiger partial charge in [-0.15, -0.1) is 0 Å². The molecular weight excluding hydrogens is 1730 g/mol. The number of aryl methyl sites for hydroxylation is 8. The average Bonchev–Trinajstić information content (AvgIpc) is 0.795. The van der Waals surface area contributed by atoms with Gasteiger partial charge in [0, 0.05) is 160 Å². The molecule has 0 radical (unpaired) electrons. The Kier molecular flexibility index (Phi) is 33.8. The zero-order chi connectivity index (χ0) is 92.0. The van der Waals surface area contributed by atoms with Crippen LogP contribution in [-0.2, 0) is 33.0 Å². The molecule has 0 aliphatic carbocycles. The van der Waals surface area contributed by atoms with Gasteiger partial charge in [0.15, 0.2) is 86.8 Å². The molecule has 130 heavy (non-hydrogen) atoms. The van der Waals surface area contributed by atoms with Crippen molar-refractivity contribution < 1.29 is 109 Å². The molecule has 18 N–H and O–H groups in total. The van der Waals surface area contributed by atoms with E-state index in [1.54, 1.807) is 72.8 Å². The van der Waals surface area contributed by atoms with Crippen LogP contribution in [0.4, 0.5) is 45.5 Å². The molecule has 0 saturated heterocycles. The van der Waals surface area contributed by atoms with Crippen molar-refractivity contribution in [2.24, 2.45) is 30.0 Å². The zero-order valence-corrected chi connectivity index (χ0v) is 73.6. The number of benzene rings is 15. The molecule has 25 heteroatoms. The zero-order valence-electron chi connectivity index (χ0n) is 71.7. The van der Waals surface area contributed by atoms with E-state index >= 15 is 0 Å². The molecule has 23 nitrogen and oxygen atoms in total. The molecule has 0 spiro atoms. The number of carbonyl (C=O) groups is 1. The summed E-state index contributed by atoms with van der Waals surface area (Å²) in [6.07, 6.45) is 9.56. The third-order valence-corrected chi connectivity index (χ3v) is 20.6. The Hall–Kier alpha value is -16.2. The number of aliphatic imine (C=N–C) groups is 6. The summed E-state index contributed by atoms with van der Waals surface area (Å²) in [7, 11) is 0. The molecule has 0 amide bonds. The Bertz CT molecular complexity index is 5890. The van der Waals surface area contributed by atoms with Crippen molar-refractivity contribution in [1.82, 2.24) is 0 Å². The second kappa shape index (κ2) is 45.1. The fourth-order valence-corrected chi connectivity index (χ4v) is 14.0. The summed E-state index contributed by atoms with van der Waals surface area (Å²) in [4.78, 5) is 37.8. The van der Waals surface area contributed by atoms with Gasteiger partial charge in [-0.25, -0.2) is 0 Å². The van der Waals surface area contributed by atoms with Crippen LogP contribution in [0.2, 0.25) is 0 Å². The van der Waals surface area contributed by atoms with Crippen LogP contribution in [0.25, 0.3) is 44.5 Å². The van der Waals surface area contributed by atoms with E-state index in [1.807, 2.05) is 175 Å². The molecule has 0 aliphatic heterocycles. The minimum absolute atomic E-state index is 0. The first-order chi connectivity index (χ1) is 61.5. The Morgan fingerprint density at radius 3 is 0.485 bits per heavy atom. The molecule has 15 rings (SSSR count). The van der Waals surface area contributed by atoms with Crippen molar-refractivity contribution in [3.63, 3.8) is 0 Å². The number of nitrogen functional groups attached to an aromatic ring is 2. The van der Waals surface area contributed by atoms with Crippen molar-refractivity contribution in [3.05, 3.63) is 356 Å². The van der Waals surface area contributed by atoms with E-state index in [0.717, 1.165) is 100 Å². The predicted molar refractivity (Wildman–Crippen MR) is 512 cm³/mol. The summed E-state index contributed by atoms with van der Waals surface area (Å²) in [6, 6.07) is 78.9. The van der Waals surface area contributed by atoms with Crippen LogP contribution in [0.3, 0.4) is 0 Å². The van der Waals surface area contributed by atoms with E-state index in [9.17, 15) is 66.1 Å². The summed E-state index contributed by atoms with van der Waals surface area (Å²) in [6.45, 7) is 16.0. The number of phenolic OH excluding ortho intramolecular Hbond substituents is 14. The van der Waals surface area contributed by atoms with Crippen LogP contribution in [0.5, 0.6) is 80.5 Å². The number of nitrogens with zero attached hydrogens (tertiary/aromatic N) is 6. The van der Waals surface area contributed by atoms with Crippen molar-refractivity contribution in [2.75, 3.05) is 11.5 Å². The summed E-state index contributed by atoms with van der Waals surface area (Å²) < 4.78 is 0. The third-order valence-electron chi connectivity index (χ3n) is 20.6.